The zero-order valence-corrected chi connectivity index (χ0v) is 6.42. The predicted molar refractivity (Wildman–Crippen MR) is 42.8 cm³/mol. The lowest BCUT2D eigenvalue weighted by Crippen LogP contribution is -2.02. The Bertz CT molecular complexity index is 107. The van der Waals surface area contributed by atoms with Crippen LogP contribution in [0.3, 0.4) is 0 Å². The van der Waals surface area contributed by atoms with Crippen LogP contribution < -0.4 is 0 Å². The van der Waals surface area contributed by atoms with Crippen LogP contribution in [-0.4, -0.2) is 11.7 Å². The van der Waals surface area contributed by atoms with E-state index in [-0.39, 0.29) is 0 Å². The van der Waals surface area contributed by atoms with Crippen LogP contribution in [-0.2, 0) is 0 Å². The van der Waals surface area contributed by atoms with Crippen LogP contribution in [0.1, 0.15) is 32.1 Å². The van der Waals surface area contributed by atoms with Crippen LogP contribution in [0.4, 0.5) is 0 Å². The lowest BCUT2D eigenvalue weighted by Gasteiger charge is -2.16. The molecular weight excluding hydrogens is 124 g/mol. The standard InChI is InChI=1S/C9H16O/c10-8-4-7-9-5-2-1-3-6-9/h1-2,9-10H,3-8H2. The zero-order valence-electron chi connectivity index (χ0n) is 6.42. The molecule has 0 aromatic rings. The first-order valence-electron chi connectivity index (χ1n) is 4.19. The Kier molecular flexibility index (Phi) is 3.52. The molecular formula is C9H16O. The maximum Gasteiger partial charge on any atom is 0.0431 e. The molecule has 1 atom stereocenters. The van der Waals surface area contributed by atoms with E-state index in [9.17, 15) is 0 Å². The number of aliphatic hydroxyl groups is 1. The monoisotopic (exact) mass is 140 g/mol. The summed E-state index contributed by atoms with van der Waals surface area (Å²) in [6, 6.07) is 0. The molecule has 0 heterocycles. The van der Waals surface area contributed by atoms with E-state index in [1.807, 2.05) is 0 Å². The third kappa shape index (κ3) is 2.53. The number of rotatable bonds is 3. The van der Waals surface area contributed by atoms with Crippen molar-refractivity contribution in [2.24, 2.45) is 5.92 Å². The van der Waals surface area contributed by atoms with E-state index in [2.05, 4.69) is 12.2 Å². The molecule has 1 unspecified atom stereocenters. The van der Waals surface area contributed by atoms with Gasteiger partial charge in [0.05, 0.1) is 0 Å². The third-order valence-corrected chi connectivity index (χ3v) is 2.15. The van der Waals surface area contributed by atoms with Crippen LogP contribution in [0.5, 0.6) is 0 Å². The summed E-state index contributed by atoms with van der Waals surface area (Å²) in [5.74, 6) is 0.858. The minimum absolute atomic E-state index is 0.361. The summed E-state index contributed by atoms with van der Waals surface area (Å²) in [7, 11) is 0. The molecule has 1 nitrogen and oxygen atoms in total. The van der Waals surface area contributed by atoms with Gasteiger partial charge in [0.15, 0.2) is 0 Å². The number of hydrogen-bond donors (Lipinski definition) is 1. The largest absolute Gasteiger partial charge is 0.396 e. The molecule has 0 aromatic heterocycles. The first-order valence-corrected chi connectivity index (χ1v) is 4.19. The molecule has 1 rings (SSSR count). The van der Waals surface area contributed by atoms with E-state index in [0.717, 1.165) is 12.3 Å². The first kappa shape index (κ1) is 7.80. The van der Waals surface area contributed by atoms with Crippen molar-refractivity contribution in [3.8, 4) is 0 Å². The zero-order chi connectivity index (χ0) is 7.23. The molecule has 0 saturated heterocycles. The molecule has 0 fully saturated rings. The normalized spacial score (nSPS) is 25.1. The molecule has 0 amide bonds. The van der Waals surface area contributed by atoms with E-state index in [4.69, 9.17) is 5.11 Å². The maximum absolute atomic E-state index is 8.58. The summed E-state index contributed by atoms with van der Waals surface area (Å²) in [6.07, 6.45) is 10.5. The van der Waals surface area contributed by atoms with E-state index < -0.39 is 0 Å². The van der Waals surface area contributed by atoms with Crippen molar-refractivity contribution in [2.45, 2.75) is 32.1 Å². The van der Waals surface area contributed by atoms with Gasteiger partial charge in [0.2, 0.25) is 0 Å². The Morgan fingerprint density at radius 2 is 2.30 bits per heavy atom. The van der Waals surface area contributed by atoms with E-state index in [0.29, 0.717) is 6.61 Å². The fourth-order valence-corrected chi connectivity index (χ4v) is 1.50. The van der Waals surface area contributed by atoms with Gasteiger partial charge < -0.3 is 5.11 Å². The lowest BCUT2D eigenvalue weighted by atomic mass is 9.90. The highest BCUT2D eigenvalue weighted by Crippen LogP contribution is 2.22. The van der Waals surface area contributed by atoms with Crippen molar-refractivity contribution >= 4 is 0 Å². The van der Waals surface area contributed by atoms with Crippen LogP contribution in [0.25, 0.3) is 0 Å². The van der Waals surface area contributed by atoms with Crippen molar-refractivity contribution in [3.63, 3.8) is 0 Å². The highest BCUT2D eigenvalue weighted by molar-refractivity contribution is 4.89. The first-order chi connectivity index (χ1) is 4.93. The van der Waals surface area contributed by atoms with Crippen LogP contribution in [0.2, 0.25) is 0 Å². The van der Waals surface area contributed by atoms with Crippen LogP contribution >= 0.6 is 0 Å². The predicted octanol–water partition coefficient (Wildman–Crippen LogP) is 2.12. The topological polar surface area (TPSA) is 20.2 Å². The molecule has 10 heavy (non-hydrogen) atoms. The summed E-state index contributed by atoms with van der Waals surface area (Å²) in [5, 5.41) is 8.58. The molecule has 58 valence electrons. The Morgan fingerprint density at radius 1 is 1.40 bits per heavy atom. The quantitative estimate of drug-likeness (QED) is 0.595. The second-order valence-corrected chi connectivity index (χ2v) is 3.02. The molecule has 0 aromatic carbocycles. The minimum Gasteiger partial charge on any atom is -0.396 e. The third-order valence-electron chi connectivity index (χ3n) is 2.15. The summed E-state index contributed by atoms with van der Waals surface area (Å²) in [6.45, 7) is 0.361. The Morgan fingerprint density at radius 3 is 2.90 bits per heavy atom. The molecule has 0 radical (unpaired) electrons. The fraction of sp³-hybridized carbons (Fsp3) is 0.778. The van der Waals surface area contributed by atoms with Gasteiger partial charge in [-0.05, 0) is 38.0 Å². The Balaban J connectivity index is 2.10. The molecule has 0 spiro atoms. The van der Waals surface area contributed by atoms with Crippen molar-refractivity contribution < 1.29 is 5.11 Å². The second-order valence-electron chi connectivity index (χ2n) is 3.02. The van der Waals surface area contributed by atoms with Crippen molar-refractivity contribution in [2.75, 3.05) is 6.61 Å². The maximum atomic E-state index is 8.58. The molecule has 0 aliphatic heterocycles. The van der Waals surface area contributed by atoms with Crippen LogP contribution in [0.15, 0.2) is 12.2 Å². The molecule has 1 heteroatoms. The van der Waals surface area contributed by atoms with Gasteiger partial charge in [-0.2, -0.15) is 0 Å². The van der Waals surface area contributed by atoms with Gasteiger partial charge in [0.1, 0.15) is 0 Å². The molecule has 0 saturated carbocycles. The van der Waals surface area contributed by atoms with E-state index in [1.54, 1.807) is 0 Å². The average molecular weight is 140 g/mol. The van der Waals surface area contributed by atoms with Gasteiger partial charge >= 0.3 is 0 Å². The molecule has 1 aliphatic carbocycles. The Labute approximate surface area is 62.8 Å². The van der Waals surface area contributed by atoms with Gasteiger partial charge in [-0.1, -0.05) is 12.2 Å². The average Bonchev–Trinajstić information content (AvgIpc) is 2.03. The second kappa shape index (κ2) is 4.51. The van der Waals surface area contributed by atoms with Gasteiger partial charge in [-0.3, -0.25) is 0 Å². The van der Waals surface area contributed by atoms with Gasteiger partial charge in [0, 0.05) is 6.61 Å². The fourth-order valence-electron chi connectivity index (χ4n) is 1.50. The SMILES string of the molecule is OCCCC1CC=CCC1. The van der Waals surface area contributed by atoms with Gasteiger partial charge in [-0.25, -0.2) is 0 Å². The Hall–Kier alpha value is -0.300. The van der Waals surface area contributed by atoms with Crippen LogP contribution in [0, 0.1) is 5.92 Å². The molecule has 1 N–H and O–H groups in total. The van der Waals surface area contributed by atoms with Gasteiger partial charge in [-0.15, -0.1) is 0 Å². The highest BCUT2D eigenvalue weighted by Gasteiger charge is 2.07. The van der Waals surface area contributed by atoms with Crippen molar-refractivity contribution in [1.29, 1.82) is 0 Å². The summed E-state index contributed by atoms with van der Waals surface area (Å²) < 4.78 is 0. The lowest BCUT2D eigenvalue weighted by molar-refractivity contribution is 0.267. The smallest absolute Gasteiger partial charge is 0.0431 e. The summed E-state index contributed by atoms with van der Waals surface area (Å²) >= 11 is 0. The van der Waals surface area contributed by atoms with Crippen molar-refractivity contribution in [1.82, 2.24) is 0 Å². The van der Waals surface area contributed by atoms with Gasteiger partial charge in [0.25, 0.3) is 0 Å². The van der Waals surface area contributed by atoms with Crippen molar-refractivity contribution in [3.05, 3.63) is 12.2 Å². The summed E-state index contributed by atoms with van der Waals surface area (Å²) in [5.41, 5.74) is 0. The van der Waals surface area contributed by atoms with E-state index in [1.165, 1.54) is 25.7 Å². The highest BCUT2D eigenvalue weighted by atomic mass is 16.2. The number of hydrogen-bond acceptors (Lipinski definition) is 1. The number of aliphatic hydroxyl groups excluding tert-OH is 1. The minimum atomic E-state index is 0.361. The van der Waals surface area contributed by atoms with E-state index >= 15 is 0 Å². The molecule has 0 bridgehead atoms. The summed E-state index contributed by atoms with van der Waals surface area (Å²) in [4.78, 5) is 0. The molecule has 1 aliphatic rings. The number of allylic oxidation sites excluding steroid dienone is 2.